The van der Waals surface area contributed by atoms with E-state index in [1.165, 1.54) is 30.0 Å². The maximum atomic E-state index is 12.2. The summed E-state index contributed by atoms with van der Waals surface area (Å²) in [6.07, 6.45) is 0. The minimum atomic E-state index is -1.09. The molecule has 3 aromatic rings. The number of rotatable bonds is 6. The number of anilines is 1. The fourth-order valence-corrected chi connectivity index (χ4v) is 3.23. The highest BCUT2D eigenvalue weighted by atomic mass is 35.5. The van der Waals surface area contributed by atoms with Crippen LogP contribution < -0.4 is 5.32 Å². The second-order valence-electron chi connectivity index (χ2n) is 5.57. The molecule has 138 valence electrons. The summed E-state index contributed by atoms with van der Waals surface area (Å²) in [5, 5.41) is 20.8. The van der Waals surface area contributed by atoms with Crippen LogP contribution in [0.1, 0.15) is 10.4 Å². The average Bonchev–Trinajstić information content (AvgIpc) is 3.03. The van der Waals surface area contributed by atoms with Crippen molar-refractivity contribution in [3.8, 4) is 11.4 Å². The van der Waals surface area contributed by atoms with Gasteiger partial charge in [-0.15, -0.1) is 10.2 Å². The number of aromatic nitrogens is 3. The lowest BCUT2D eigenvalue weighted by atomic mass is 10.2. The van der Waals surface area contributed by atoms with Gasteiger partial charge in [0.25, 0.3) is 0 Å². The highest BCUT2D eigenvalue weighted by Gasteiger charge is 2.14. The zero-order valence-corrected chi connectivity index (χ0v) is 15.8. The Morgan fingerprint density at radius 1 is 1.19 bits per heavy atom. The monoisotopic (exact) mass is 402 g/mol. The van der Waals surface area contributed by atoms with Crippen LogP contribution in [0.15, 0.2) is 53.7 Å². The molecule has 9 heteroatoms. The van der Waals surface area contributed by atoms with E-state index in [4.69, 9.17) is 16.7 Å². The highest BCUT2D eigenvalue weighted by molar-refractivity contribution is 7.99. The lowest BCUT2D eigenvalue weighted by molar-refractivity contribution is -0.113. The number of halogens is 1. The zero-order valence-electron chi connectivity index (χ0n) is 14.2. The number of carbonyl (C=O) groups is 2. The molecular weight excluding hydrogens is 388 g/mol. The van der Waals surface area contributed by atoms with Gasteiger partial charge < -0.3 is 15.0 Å². The molecule has 0 bridgehead atoms. The third kappa shape index (κ3) is 4.47. The van der Waals surface area contributed by atoms with E-state index < -0.39 is 5.97 Å². The molecule has 27 heavy (non-hydrogen) atoms. The van der Waals surface area contributed by atoms with Crippen LogP contribution in [-0.2, 0) is 11.8 Å². The Bertz CT molecular complexity index is 992. The first-order valence-corrected chi connectivity index (χ1v) is 9.22. The molecule has 0 atom stereocenters. The fraction of sp³-hybridized carbons (Fsp3) is 0.111. The van der Waals surface area contributed by atoms with Crippen molar-refractivity contribution in [3.63, 3.8) is 0 Å². The number of amides is 1. The molecule has 1 aromatic heterocycles. The van der Waals surface area contributed by atoms with E-state index in [9.17, 15) is 9.59 Å². The summed E-state index contributed by atoms with van der Waals surface area (Å²) in [4.78, 5) is 23.3. The summed E-state index contributed by atoms with van der Waals surface area (Å²) < 4.78 is 1.81. The van der Waals surface area contributed by atoms with Crippen molar-refractivity contribution in [1.29, 1.82) is 0 Å². The Kier molecular flexibility index (Phi) is 5.78. The quantitative estimate of drug-likeness (QED) is 0.612. The first-order valence-electron chi connectivity index (χ1n) is 7.86. The number of nitrogens with zero attached hydrogens (tertiary/aromatic N) is 3. The molecule has 0 aliphatic carbocycles. The number of nitrogens with one attached hydrogen (secondary N) is 1. The molecule has 2 aromatic carbocycles. The van der Waals surface area contributed by atoms with Crippen LogP contribution in [0, 0.1) is 0 Å². The average molecular weight is 403 g/mol. The minimum absolute atomic E-state index is 0.0446. The summed E-state index contributed by atoms with van der Waals surface area (Å²) in [6.45, 7) is 0. The lowest BCUT2D eigenvalue weighted by Crippen LogP contribution is -2.15. The molecule has 0 radical (unpaired) electrons. The molecule has 7 nitrogen and oxygen atoms in total. The maximum absolute atomic E-state index is 12.2. The molecule has 0 aliphatic heterocycles. The smallest absolute Gasteiger partial charge is 0.335 e. The SMILES string of the molecule is Cn1c(SCC(=O)Nc2cc(C(=O)O)ccc2Cl)nnc1-c1ccccc1. The molecule has 1 amide bonds. The van der Waals surface area contributed by atoms with Crippen molar-refractivity contribution in [2.45, 2.75) is 5.16 Å². The number of hydrogen-bond donors (Lipinski definition) is 2. The summed E-state index contributed by atoms with van der Waals surface area (Å²) in [5.41, 5.74) is 1.23. The molecule has 0 spiro atoms. The summed E-state index contributed by atoms with van der Waals surface area (Å²) >= 11 is 7.24. The maximum Gasteiger partial charge on any atom is 0.335 e. The number of thioether (sulfide) groups is 1. The van der Waals surface area contributed by atoms with Gasteiger partial charge in [-0.2, -0.15) is 0 Å². The van der Waals surface area contributed by atoms with Gasteiger partial charge in [0, 0.05) is 12.6 Å². The van der Waals surface area contributed by atoms with Gasteiger partial charge in [-0.25, -0.2) is 4.79 Å². The van der Waals surface area contributed by atoms with E-state index in [1.54, 1.807) is 0 Å². The summed E-state index contributed by atoms with van der Waals surface area (Å²) in [5.74, 6) is -0.637. The first-order chi connectivity index (χ1) is 13.0. The van der Waals surface area contributed by atoms with Crippen LogP contribution in [0.5, 0.6) is 0 Å². The molecule has 1 heterocycles. The van der Waals surface area contributed by atoms with Gasteiger partial charge in [0.2, 0.25) is 5.91 Å². The van der Waals surface area contributed by atoms with Gasteiger partial charge in [-0.05, 0) is 18.2 Å². The summed E-state index contributed by atoms with van der Waals surface area (Å²) in [7, 11) is 1.83. The zero-order chi connectivity index (χ0) is 19.4. The molecule has 0 aliphatic rings. The Hall–Kier alpha value is -2.84. The largest absolute Gasteiger partial charge is 0.478 e. The fourth-order valence-electron chi connectivity index (χ4n) is 2.35. The van der Waals surface area contributed by atoms with Gasteiger partial charge in [0.15, 0.2) is 11.0 Å². The molecular formula is C18H15ClN4O3S. The topological polar surface area (TPSA) is 97.1 Å². The Morgan fingerprint density at radius 2 is 1.93 bits per heavy atom. The molecule has 3 rings (SSSR count). The van der Waals surface area contributed by atoms with E-state index in [0.29, 0.717) is 11.0 Å². The lowest BCUT2D eigenvalue weighted by Gasteiger charge is -2.08. The molecule has 0 fully saturated rings. The van der Waals surface area contributed by atoms with Crippen molar-refractivity contribution in [2.24, 2.45) is 7.05 Å². The molecule has 0 unspecified atom stereocenters. The van der Waals surface area contributed by atoms with E-state index in [-0.39, 0.29) is 27.9 Å². The van der Waals surface area contributed by atoms with E-state index >= 15 is 0 Å². The predicted octanol–water partition coefficient (Wildman–Crippen LogP) is 3.56. The number of aromatic carboxylic acids is 1. The van der Waals surface area contributed by atoms with Gasteiger partial charge >= 0.3 is 5.97 Å². The van der Waals surface area contributed by atoms with Crippen LogP contribution in [-0.4, -0.2) is 37.5 Å². The van der Waals surface area contributed by atoms with Crippen molar-refractivity contribution in [2.75, 3.05) is 11.1 Å². The number of carbonyl (C=O) groups excluding carboxylic acids is 1. The Balaban J connectivity index is 1.66. The molecule has 2 N–H and O–H groups in total. The van der Waals surface area contributed by atoms with Gasteiger partial charge in [-0.3, -0.25) is 4.79 Å². The second kappa shape index (κ2) is 8.24. The van der Waals surface area contributed by atoms with E-state index in [0.717, 1.165) is 5.56 Å². The van der Waals surface area contributed by atoms with Crippen molar-refractivity contribution in [3.05, 3.63) is 59.1 Å². The summed E-state index contributed by atoms with van der Waals surface area (Å²) in [6, 6.07) is 13.7. The van der Waals surface area contributed by atoms with Crippen LogP contribution in [0.4, 0.5) is 5.69 Å². The number of carboxylic acid groups (broad SMARTS) is 1. The normalized spacial score (nSPS) is 10.6. The third-order valence-corrected chi connectivity index (χ3v) is 5.04. The third-order valence-electron chi connectivity index (χ3n) is 3.69. The van der Waals surface area contributed by atoms with Crippen LogP contribution in [0.2, 0.25) is 5.02 Å². The van der Waals surface area contributed by atoms with E-state index in [1.807, 2.05) is 41.9 Å². The van der Waals surface area contributed by atoms with Crippen LogP contribution >= 0.6 is 23.4 Å². The first kappa shape index (κ1) is 18.9. The van der Waals surface area contributed by atoms with Crippen LogP contribution in [0.25, 0.3) is 11.4 Å². The second-order valence-corrected chi connectivity index (χ2v) is 6.92. The van der Waals surface area contributed by atoms with Gasteiger partial charge in [0.05, 0.1) is 22.0 Å². The molecule has 0 saturated carbocycles. The minimum Gasteiger partial charge on any atom is -0.478 e. The Morgan fingerprint density at radius 3 is 2.63 bits per heavy atom. The highest BCUT2D eigenvalue weighted by Crippen LogP contribution is 2.25. The number of carboxylic acids is 1. The standard InChI is InChI=1S/C18H15ClN4O3S/c1-23-16(11-5-3-2-4-6-11)21-22-18(23)27-10-15(24)20-14-9-12(17(25)26)7-8-13(14)19/h2-9H,10H2,1H3,(H,20,24)(H,25,26). The van der Waals surface area contributed by atoms with E-state index in [2.05, 4.69) is 15.5 Å². The van der Waals surface area contributed by atoms with Crippen molar-refractivity contribution in [1.82, 2.24) is 14.8 Å². The number of hydrogen-bond acceptors (Lipinski definition) is 5. The van der Waals surface area contributed by atoms with Gasteiger partial charge in [-0.1, -0.05) is 53.7 Å². The number of benzene rings is 2. The van der Waals surface area contributed by atoms with Crippen LogP contribution in [0.3, 0.4) is 0 Å². The van der Waals surface area contributed by atoms with Crippen molar-refractivity contribution < 1.29 is 14.7 Å². The molecule has 0 saturated heterocycles. The van der Waals surface area contributed by atoms with Gasteiger partial charge in [0.1, 0.15) is 0 Å². The Labute approximate surface area is 164 Å². The predicted molar refractivity (Wildman–Crippen MR) is 104 cm³/mol. The van der Waals surface area contributed by atoms with Crippen molar-refractivity contribution >= 4 is 40.9 Å².